The predicted octanol–water partition coefficient (Wildman–Crippen LogP) is 1.31. The third kappa shape index (κ3) is 3.61. The molecule has 1 rings (SSSR count). The van der Waals surface area contributed by atoms with Crippen LogP contribution in [0.1, 0.15) is 0 Å². The summed E-state index contributed by atoms with van der Waals surface area (Å²) in [5.41, 5.74) is 6.28. The quantitative estimate of drug-likeness (QED) is 0.857. The monoisotopic (exact) mass is 302 g/mol. The van der Waals surface area contributed by atoms with E-state index in [2.05, 4.69) is 15.9 Å². The van der Waals surface area contributed by atoms with Gasteiger partial charge >= 0.3 is 5.97 Å². The van der Waals surface area contributed by atoms with Crippen molar-refractivity contribution in [2.75, 3.05) is 25.6 Å². The van der Waals surface area contributed by atoms with Gasteiger partial charge in [0.25, 0.3) is 0 Å². The molecule has 0 aliphatic carbocycles. The number of ether oxygens (including phenoxy) is 1. The van der Waals surface area contributed by atoms with Crippen LogP contribution in [0.15, 0.2) is 22.7 Å². The molecule has 0 bridgehead atoms. The highest BCUT2D eigenvalue weighted by atomic mass is 79.9. The zero-order valence-corrected chi connectivity index (χ0v) is 11.3. The average molecular weight is 303 g/mol. The molecule has 1 aromatic rings. The van der Waals surface area contributed by atoms with E-state index in [1.165, 1.54) is 0 Å². The molecule has 94 valence electrons. The number of benzene rings is 1. The molecule has 0 spiro atoms. The number of likely N-dealkylation sites (N-methyl/N-ethyl adjacent to an activating group) is 1. The summed E-state index contributed by atoms with van der Waals surface area (Å²) in [5.74, 6) is -0.348. The van der Waals surface area contributed by atoms with Crippen LogP contribution in [-0.4, -0.2) is 37.8 Å². The van der Waals surface area contributed by atoms with Gasteiger partial charge in [0.1, 0.15) is 11.8 Å². The molecule has 0 aliphatic rings. The highest BCUT2D eigenvalue weighted by Gasteiger charge is 2.16. The molecule has 6 heteroatoms. The van der Waals surface area contributed by atoms with Crippen LogP contribution in [-0.2, 0) is 4.79 Å². The first-order chi connectivity index (χ1) is 7.95. The Morgan fingerprint density at radius 2 is 2.29 bits per heavy atom. The lowest BCUT2D eigenvalue weighted by Gasteiger charge is -2.23. The van der Waals surface area contributed by atoms with Crippen molar-refractivity contribution in [3.63, 3.8) is 0 Å². The number of aliphatic carboxylic acids is 1. The van der Waals surface area contributed by atoms with E-state index in [1.54, 1.807) is 19.1 Å². The van der Waals surface area contributed by atoms with Gasteiger partial charge in [-0.2, -0.15) is 0 Å². The summed E-state index contributed by atoms with van der Waals surface area (Å²) in [6.07, 6.45) is 0. The summed E-state index contributed by atoms with van der Waals surface area (Å²) in [5, 5.41) is 8.77. The van der Waals surface area contributed by atoms with Crippen LogP contribution in [0.5, 0.6) is 5.75 Å². The molecule has 0 fully saturated rings. The predicted molar refractivity (Wildman–Crippen MR) is 69.6 cm³/mol. The van der Waals surface area contributed by atoms with Gasteiger partial charge in [-0.15, -0.1) is 0 Å². The van der Waals surface area contributed by atoms with Gasteiger partial charge in [-0.05, 0) is 18.2 Å². The Hall–Kier alpha value is -1.27. The molecule has 1 atom stereocenters. The Balaban J connectivity index is 2.90. The van der Waals surface area contributed by atoms with Gasteiger partial charge in [-0.1, -0.05) is 15.9 Å². The zero-order valence-electron chi connectivity index (χ0n) is 9.68. The van der Waals surface area contributed by atoms with E-state index in [1.807, 2.05) is 18.2 Å². The molecular formula is C11H15BrN2O3. The van der Waals surface area contributed by atoms with Gasteiger partial charge in [0.2, 0.25) is 0 Å². The topological polar surface area (TPSA) is 75.8 Å². The van der Waals surface area contributed by atoms with Crippen molar-refractivity contribution < 1.29 is 14.6 Å². The number of hydrogen-bond donors (Lipinski definition) is 2. The molecular weight excluding hydrogens is 288 g/mol. The van der Waals surface area contributed by atoms with Crippen LogP contribution in [0.25, 0.3) is 0 Å². The molecule has 0 saturated carbocycles. The molecule has 0 heterocycles. The second-order valence-corrected chi connectivity index (χ2v) is 4.56. The summed E-state index contributed by atoms with van der Waals surface area (Å²) in [6.45, 7) is 0.210. The van der Waals surface area contributed by atoms with Crippen molar-refractivity contribution in [1.29, 1.82) is 0 Å². The minimum absolute atomic E-state index is 0.210. The summed E-state index contributed by atoms with van der Waals surface area (Å²) < 4.78 is 6.11. The maximum atomic E-state index is 10.7. The van der Waals surface area contributed by atoms with Crippen LogP contribution >= 0.6 is 15.9 Å². The van der Waals surface area contributed by atoms with Gasteiger partial charge < -0.3 is 20.5 Å². The molecule has 0 radical (unpaired) electrons. The molecule has 0 aromatic heterocycles. The van der Waals surface area contributed by atoms with Crippen molar-refractivity contribution >= 4 is 27.6 Å². The third-order valence-electron chi connectivity index (χ3n) is 2.34. The fourth-order valence-corrected chi connectivity index (χ4v) is 1.78. The molecule has 1 aromatic carbocycles. The van der Waals surface area contributed by atoms with Gasteiger partial charge in [0.15, 0.2) is 0 Å². The Morgan fingerprint density at radius 3 is 2.82 bits per heavy atom. The van der Waals surface area contributed by atoms with E-state index in [0.29, 0.717) is 5.75 Å². The van der Waals surface area contributed by atoms with Crippen molar-refractivity contribution in [1.82, 2.24) is 0 Å². The summed E-state index contributed by atoms with van der Waals surface area (Å²) >= 11 is 3.36. The minimum Gasteiger partial charge on any atom is -0.495 e. The average Bonchev–Trinajstić information content (AvgIpc) is 2.28. The molecule has 0 saturated heterocycles. The van der Waals surface area contributed by atoms with Gasteiger partial charge in [-0.25, -0.2) is 0 Å². The summed E-state index contributed by atoms with van der Waals surface area (Å²) in [4.78, 5) is 12.4. The van der Waals surface area contributed by atoms with E-state index >= 15 is 0 Å². The third-order valence-corrected chi connectivity index (χ3v) is 2.83. The van der Waals surface area contributed by atoms with E-state index in [-0.39, 0.29) is 6.54 Å². The van der Waals surface area contributed by atoms with E-state index in [9.17, 15) is 4.79 Å². The fraction of sp³-hybridized carbons (Fsp3) is 0.364. The highest BCUT2D eigenvalue weighted by molar-refractivity contribution is 9.10. The Labute approximate surface area is 108 Å². The first kappa shape index (κ1) is 13.8. The lowest BCUT2D eigenvalue weighted by atomic mass is 10.2. The lowest BCUT2D eigenvalue weighted by Crippen LogP contribution is -2.41. The molecule has 0 amide bonds. The van der Waals surface area contributed by atoms with Crippen molar-refractivity contribution in [2.24, 2.45) is 5.73 Å². The number of nitrogens with zero attached hydrogens (tertiary/aromatic N) is 1. The number of nitrogens with two attached hydrogens (primary N) is 1. The second kappa shape index (κ2) is 5.88. The smallest absolute Gasteiger partial charge is 0.322 e. The van der Waals surface area contributed by atoms with E-state index < -0.39 is 12.0 Å². The number of rotatable bonds is 5. The second-order valence-electron chi connectivity index (χ2n) is 3.64. The van der Waals surface area contributed by atoms with Gasteiger partial charge in [-0.3, -0.25) is 4.79 Å². The number of carbonyl (C=O) groups is 1. The summed E-state index contributed by atoms with van der Waals surface area (Å²) in [7, 11) is 3.34. The van der Waals surface area contributed by atoms with Crippen molar-refractivity contribution in [2.45, 2.75) is 6.04 Å². The maximum Gasteiger partial charge on any atom is 0.322 e. The zero-order chi connectivity index (χ0) is 13.0. The van der Waals surface area contributed by atoms with Crippen LogP contribution in [0, 0.1) is 0 Å². The van der Waals surface area contributed by atoms with Crippen LogP contribution in [0.4, 0.5) is 5.69 Å². The number of anilines is 1. The molecule has 0 aliphatic heterocycles. The van der Waals surface area contributed by atoms with Crippen molar-refractivity contribution in [3.8, 4) is 5.75 Å². The maximum absolute atomic E-state index is 10.7. The van der Waals surface area contributed by atoms with Gasteiger partial charge in [0.05, 0.1) is 12.8 Å². The first-order valence-corrected chi connectivity index (χ1v) is 5.78. The number of halogens is 1. The van der Waals surface area contributed by atoms with E-state index in [0.717, 1.165) is 10.2 Å². The number of carboxylic acids is 1. The Kier molecular flexibility index (Phi) is 4.77. The van der Waals surface area contributed by atoms with Crippen LogP contribution in [0.3, 0.4) is 0 Å². The Morgan fingerprint density at radius 1 is 1.65 bits per heavy atom. The van der Waals surface area contributed by atoms with E-state index in [4.69, 9.17) is 15.6 Å². The molecule has 5 nitrogen and oxygen atoms in total. The molecule has 3 N–H and O–H groups in total. The first-order valence-electron chi connectivity index (χ1n) is 4.98. The van der Waals surface area contributed by atoms with Gasteiger partial charge in [0, 0.05) is 18.1 Å². The lowest BCUT2D eigenvalue weighted by molar-refractivity contribution is -0.138. The SMILES string of the molecule is COc1ccc(Br)cc1N(C)CC(N)C(=O)O. The Bertz CT molecular complexity index is 412. The molecule has 17 heavy (non-hydrogen) atoms. The van der Waals surface area contributed by atoms with Crippen molar-refractivity contribution in [3.05, 3.63) is 22.7 Å². The number of hydrogen-bond acceptors (Lipinski definition) is 4. The minimum atomic E-state index is -1.02. The van der Waals surface area contributed by atoms with Crippen LogP contribution in [0.2, 0.25) is 0 Å². The highest BCUT2D eigenvalue weighted by Crippen LogP contribution is 2.30. The van der Waals surface area contributed by atoms with Crippen LogP contribution < -0.4 is 15.4 Å². The summed E-state index contributed by atoms with van der Waals surface area (Å²) in [6, 6.07) is 4.59. The fourth-order valence-electron chi connectivity index (χ4n) is 1.43. The normalized spacial score (nSPS) is 12.0. The number of carboxylic acid groups (broad SMARTS) is 1. The standard InChI is InChI=1S/C11H15BrN2O3/c1-14(6-8(13)11(15)16)9-5-7(12)3-4-10(9)17-2/h3-5,8H,6,13H2,1-2H3,(H,15,16). The molecule has 1 unspecified atom stereocenters. The largest absolute Gasteiger partial charge is 0.495 e. The number of methoxy groups -OCH3 is 1.